The molecule has 0 saturated carbocycles. The van der Waals surface area contributed by atoms with Crippen molar-refractivity contribution in [2.45, 2.75) is 52.4 Å². The van der Waals surface area contributed by atoms with Gasteiger partial charge < -0.3 is 25.0 Å². The van der Waals surface area contributed by atoms with Crippen molar-refractivity contribution in [3.63, 3.8) is 0 Å². The summed E-state index contributed by atoms with van der Waals surface area (Å²) in [7, 11) is 0. The average molecular weight is 568 g/mol. The van der Waals surface area contributed by atoms with E-state index < -0.39 is 74.4 Å². The van der Waals surface area contributed by atoms with Gasteiger partial charge in [0.1, 0.15) is 17.2 Å². The van der Waals surface area contributed by atoms with E-state index in [0.29, 0.717) is 6.42 Å². The highest BCUT2D eigenvalue weighted by Gasteiger charge is 2.41. The van der Waals surface area contributed by atoms with E-state index in [2.05, 4.69) is 12.2 Å². The van der Waals surface area contributed by atoms with Gasteiger partial charge in [-0.1, -0.05) is 45.1 Å². The zero-order chi connectivity index (χ0) is 29.7. The molecule has 0 amide bonds. The molecule has 0 spiro atoms. The number of halogens is 2. The number of aromatic hydroxyl groups is 2. The maximum Gasteiger partial charge on any atom is 0.338 e. The smallest absolute Gasteiger partial charge is 0.338 e. The molecule has 0 saturated heterocycles. The van der Waals surface area contributed by atoms with Crippen LogP contribution in [0.15, 0.2) is 36.4 Å². The van der Waals surface area contributed by atoms with Crippen LogP contribution in [0.2, 0.25) is 0 Å². The van der Waals surface area contributed by atoms with Crippen LogP contribution in [0.5, 0.6) is 17.2 Å². The number of ketones is 2. The monoisotopic (exact) mass is 567 g/mol. The predicted octanol–water partition coefficient (Wildman–Crippen LogP) is 6.81. The molecule has 0 unspecified atom stereocenters. The topological polar surface area (TPSA) is 122 Å². The maximum absolute atomic E-state index is 16.2. The first-order valence-corrected chi connectivity index (χ1v) is 13.6. The normalized spacial score (nSPS) is 12.1. The molecular weight excluding hydrogens is 536 g/mol. The van der Waals surface area contributed by atoms with E-state index in [4.69, 9.17) is 9.47 Å². The molecule has 216 valence electrons. The van der Waals surface area contributed by atoms with E-state index in [-0.39, 0.29) is 24.5 Å². The van der Waals surface area contributed by atoms with E-state index in [0.717, 1.165) is 44.2 Å². The summed E-state index contributed by atoms with van der Waals surface area (Å²) in [6, 6.07) is 7.81. The Hall–Kier alpha value is -4.47. The molecule has 3 aromatic carbocycles. The molecule has 0 aromatic heterocycles. The molecule has 0 heterocycles. The Kier molecular flexibility index (Phi) is 9.21. The second kappa shape index (κ2) is 12.8. The van der Waals surface area contributed by atoms with Gasteiger partial charge >= 0.3 is 5.97 Å². The lowest BCUT2D eigenvalue weighted by Crippen LogP contribution is -2.25. The van der Waals surface area contributed by atoms with E-state index in [1.807, 2.05) is 0 Å². The second-order valence-corrected chi connectivity index (χ2v) is 9.64. The number of esters is 1. The van der Waals surface area contributed by atoms with Crippen molar-refractivity contribution in [1.82, 2.24) is 0 Å². The number of benzene rings is 3. The Labute approximate surface area is 235 Å². The maximum atomic E-state index is 16.2. The van der Waals surface area contributed by atoms with Gasteiger partial charge in [-0.15, -0.1) is 0 Å². The molecular formula is C31H31F2NO7. The van der Waals surface area contributed by atoms with E-state index in [9.17, 15) is 24.6 Å². The van der Waals surface area contributed by atoms with Gasteiger partial charge in [-0.25, -0.2) is 13.6 Å². The summed E-state index contributed by atoms with van der Waals surface area (Å²) in [4.78, 5) is 38.9. The van der Waals surface area contributed by atoms with Crippen LogP contribution in [0.25, 0.3) is 0 Å². The number of rotatable bonds is 12. The molecule has 3 aromatic rings. The Morgan fingerprint density at radius 2 is 1.44 bits per heavy atom. The number of carbonyl (C=O) groups excluding carboxylic acids is 3. The summed E-state index contributed by atoms with van der Waals surface area (Å²) >= 11 is 0. The van der Waals surface area contributed by atoms with Gasteiger partial charge in [-0.2, -0.15) is 0 Å². The quantitative estimate of drug-likeness (QED) is 0.0970. The van der Waals surface area contributed by atoms with Gasteiger partial charge in [-0.3, -0.25) is 9.59 Å². The van der Waals surface area contributed by atoms with Crippen LogP contribution in [-0.4, -0.2) is 41.0 Å². The SMILES string of the molecule is CCCCCCCCOc1c(F)c2c(c(F)c1Nc1cccc(C(=O)OCC)c1)C(=O)c1c(O)ccc(O)c1C2=O. The van der Waals surface area contributed by atoms with E-state index in [1.54, 1.807) is 6.92 Å². The molecule has 10 heteroatoms. The number of nitrogens with one attached hydrogen (secondary N) is 1. The first-order valence-electron chi connectivity index (χ1n) is 13.6. The standard InChI is InChI=1S/C31H31F2NO7/c1-3-5-6-7-8-9-15-41-30-26(33)24-23(28(37)21-19(35)13-14-20(36)22(21)29(24)38)25(32)27(30)34-18-12-10-11-17(16-18)31(39)40-4-2/h10-14,16,34-36H,3-9,15H2,1-2H3. The van der Waals surface area contributed by atoms with Gasteiger partial charge in [-0.05, 0) is 43.7 Å². The fourth-order valence-corrected chi connectivity index (χ4v) is 4.77. The van der Waals surface area contributed by atoms with Crippen LogP contribution in [0.1, 0.15) is 94.6 Å². The molecule has 4 rings (SSSR count). The van der Waals surface area contributed by atoms with Gasteiger partial charge in [0.15, 0.2) is 17.4 Å². The first-order chi connectivity index (χ1) is 19.7. The largest absolute Gasteiger partial charge is 0.507 e. The van der Waals surface area contributed by atoms with Gasteiger partial charge in [0.05, 0.1) is 41.0 Å². The highest BCUT2D eigenvalue weighted by molar-refractivity contribution is 6.31. The summed E-state index contributed by atoms with van der Waals surface area (Å²) < 4.78 is 43.0. The zero-order valence-electron chi connectivity index (χ0n) is 22.8. The minimum absolute atomic E-state index is 0.00355. The Morgan fingerprint density at radius 1 is 0.829 bits per heavy atom. The predicted molar refractivity (Wildman–Crippen MR) is 148 cm³/mol. The van der Waals surface area contributed by atoms with Crippen LogP contribution in [-0.2, 0) is 4.74 Å². The van der Waals surface area contributed by atoms with Crippen molar-refractivity contribution in [1.29, 1.82) is 0 Å². The Bertz CT molecular complexity index is 1500. The number of unbranched alkanes of at least 4 members (excludes halogenated alkanes) is 5. The minimum Gasteiger partial charge on any atom is -0.507 e. The Morgan fingerprint density at radius 3 is 2.07 bits per heavy atom. The lowest BCUT2D eigenvalue weighted by molar-refractivity contribution is 0.0526. The van der Waals surface area contributed by atoms with Crippen molar-refractivity contribution in [3.8, 4) is 17.2 Å². The molecule has 0 atom stereocenters. The molecule has 3 N–H and O–H groups in total. The third-order valence-electron chi connectivity index (χ3n) is 6.79. The third-order valence-corrected chi connectivity index (χ3v) is 6.79. The molecule has 0 fully saturated rings. The number of phenolic OH excluding ortho intramolecular Hbond substituents is 2. The number of anilines is 2. The van der Waals surface area contributed by atoms with Gasteiger partial charge in [0, 0.05) is 5.69 Å². The minimum atomic E-state index is -1.29. The van der Waals surface area contributed by atoms with Crippen molar-refractivity contribution >= 4 is 28.9 Å². The summed E-state index contributed by atoms with van der Waals surface area (Å²) in [5.74, 6) is -7.49. The number of ether oxygens (including phenoxy) is 2. The molecule has 41 heavy (non-hydrogen) atoms. The molecule has 1 aliphatic carbocycles. The van der Waals surface area contributed by atoms with E-state index >= 15 is 8.78 Å². The van der Waals surface area contributed by atoms with Crippen LogP contribution >= 0.6 is 0 Å². The van der Waals surface area contributed by atoms with E-state index in [1.165, 1.54) is 24.3 Å². The van der Waals surface area contributed by atoms with Crippen LogP contribution in [0.3, 0.4) is 0 Å². The zero-order valence-corrected chi connectivity index (χ0v) is 22.8. The fourth-order valence-electron chi connectivity index (χ4n) is 4.77. The Balaban J connectivity index is 1.79. The fraction of sp³-hybridized carbons (Fsp3) is 0.323. The van der Waals surface area contributed by atoms with Gasteiger partial charge in [0.25, 0.3) is 0 Å². The van der Waals surface area contributed by atoms with Crippen molar-refractivity contribution < 1.29 is 42.9 Å². The van der Waals surface area contributed by atoms with Crippen molar-refractivity contribution in [2.75, 3.05) is 18.5 Å². The van der Waals surface area contributed by atoms with Crippen LogP contribution < -0.4 is 10.1 Å². The number of hydrogen-bond acceptors (Lipinski definition) is 8. The average Bonchev–Trinajstić information content (AvgIpc) is 2.95. The highest BCUT2D eigenvalue weighted by Crippen LogP contribution is 2.45. The highest BCUT2D eigenvalue weighted by atomic mass is 19.1. The molecule has 8 nitrogen and oxygen atoms in total. The summed E-state index contributed by atoms with van der Waals surface area (Å²) in [5.41, 5.74) is -3.30. The van der Waals surface area contributed by atoms with Crippen LogP contribution in [0.4, 0.5) is 20.2 Å². The molecule has 0 aliphatic heterocycles. The number of phenols is 2. The number of fused-ring (bicyclic) bond motifs is 2. The van der Waals surface area contributed by atoms with Crippen molar-refractivity contribution in [2.24, 2.45) is 0 Å². The summed E-state index contributed by atoms with van der Waals surface area (Å²) in [6.07, 6.45) is 5.46. The lowest BCUT2D eigenvalue weighted by atomic mass is 9.82. The summed E-state index contributed by atoms with van der Waals surface area (Å²) in [6.45, 7) is 3.88. The van der Waals surface area contributed by atoms with Crippen LogP contribution in [0, 0.1) is 11.6 Å². The van der Waals surface area contributed by atoms with Gasteiger partial charge in [0.2, 0.25) is 11.6 Å². The second-order valence-electron chi connectivity index (χ2n) is 9.64. The number of hydrogen-bond donors (Lipinski definition) is 3. The number of carbonyl (C=O) groups is 3. The lowest BCUT2D eigenvalue weighted by Gasteiger charge is -2.24. The first kappa shape index (κ1) is 29.5. The molecule has 1 aliphatic rings. The third kappa shape index (κ3) is 5.86. The van der Waals surface area contributed by atoms with Crippen molar-refractivity contribution in [3.05, 3.63) is 75.8 Å². The molecule has 0 bridgehead atoms. The summed E-state index contributed by atoms with van der Waals surface area (Å²) in [5, 5.41) is 23.2. The molecule has 0 radical (unpaired) electrons.